The number of rotatable bonds is 14. The number of fused-ring (bicyclic) bond motifs is 1. The van der Waals surface area contributed by atoms with E-state index >= 15 is 0 Å². The lowest BCUT2D eigenvalue weighted by molar-refractivity contribution is -0.144. The van der Waals surface area contributed by atoms with Gasteiger partial charge in [0.2, 0.25) is 17.6 Å². The number of nitrogens with zero attached hydrogens (tertiary/aromatic N) is 2. The second-order valence-corrected chi connectivity index (χ2v) is 12.8. The van der Waals surface area contributed by atoms with E-state index in [-0.39, 0.29) is 37.5 Å². The minimum atomic E-state index is -0.944. The highest BCUT2D eigenvalue weighted by Gasteiger charge is 2.37. The molecule has 2 aromatic carbocycles. The van der Waals surface area contributed by atoms with E-state index in [1.54, 1.807) is 57.2 Å². The fourth-order valence-corrected chi connectivity index (χ4v) is 5.54. The summed E-state index contributed by atoms with van der Waals surface area (Å²) in [4.78, 5) is 82.4. The molecule has 51 heavy (non-hydrogen) atoms. The molecule has 15 heteroatoms. The van der Waals surface area contributed by atoms with Gasteiger partial charge in [-0.3, -0.25) is 29.0 Å². The smallest absolute Gasteiger partial charge is 0.407 e. The first kappa shape index (κ1) is 38.1. The van der Waals surface area contributed by atoms with Crippen molar-refractivity contribution in [2.75, 3.05) is 39.2 Å². The summed E-state index contributed by atoms with van der Waals surface area (Å²) in [6.07, 6.45) is 2.21. The standard InChI is InChI=1S/C36H44N6O9/c1-36(2,3)51-35(48)38-16-7-12-29(43)41-25-10-6-9-23-24(15-17-37-31(23)25)33(46)40-21-30(44)42-18-8-11-26(42)32(45)34(47)39-20-22-13-14-27(49-4)28(19-22)50-5/h6,9-10,13-15,17,19,26H,7-8,11-12,16,18,20-21H2,1-5H3,(H,38,48)(H,39,47)(H,40,46)(H,41,43)/t26-/m0/s1. The van der Waals surface area contributed by atoms with E-state index in [1.807, 2.05) is 0 Å². The third kappa shape index (κ3) is 10.4. The molecule has 3 aromatic rings. The molecule has 1 fully saturated rings. The zero-order valence-corrected chi connectivity index (χ0v) is 29.4. The first-order chi connectivity index (χ1) is 24.3. The van der Waals surface area contributed by atoms with Crippen molar-refractivity contribution in [1.29, 1.82) is 0 Å². The lowest BCUT2D eigenvalue weighted by Gasteiger charge is -2.23. The van der Waals surface area contributed by atoms with Gasteiger partial charge in [0.1, 0.15) is 11.6 Å². The molecule has 1 saturated heterocycles. The maximum atomic E-state index is 13.3. The summed E-state index contributed by atoms with van der Waals surface area (Å²) in [6.45, 7) is 5.47. The molecule has 4 rings (SSSR count). The average Bonchev–Trinajstić information content (AvgIpc) is 3.60. The molecule has 1 aliphatic heterocycles. The molecule has 0 saturated carbocycles. The van der Waals surface area contributed by atoms with E-state index in [0.717, 1.165) is 0 Å². The lowest BCUT2D eigenvalue weighted by Crippen LogP contribution is -2.49. The number of ether oxygens (including phenoxy) is 3. The van der Waals surface area contributed by atoms with E-state index in [1.165, 1.54) is 31.4 Å². The minimum absolute atomic E-state index is 0.0697. The number of Topliss-reactive ketones (excluding diaryl/α,β-unsaturated/α-hetero) is 1. The van der Waals surface area contributed by atoms with Crippen LogP contribution in [0.5, 0.6) is 11.5 Å². The highest BCUT2D eigenvalue weighted by Crippen LogP contribution is 2.28. The fraction of sp³-hybridized carbons (Fsp3) is 0.417. The van der Waals surface area contributed by atoms with Gasteiger partial charge in [0.25, 0.3) is 11.8 Å². The fourth-order valence-electron chi connectivity index (χ4n) is 5.54. The van der Waals surface area contributed by atoms with Gasteiger partial charge in [-0.1, -0.05) is 18.2 Å². The van der Waals surface area contributed by atoms with Gasteiger partial charge in [0.15, 0.2) is 11.5 Å². The van der Waals surface area contributed by atoms with Gasteiger partial charge >= 0.3 is 6.09 Å². The Hall–Kier alpha value is -5.73. The average molecular weight is 705 g/mol. The number of amides is 5. The second-order valence-electron chi connectivity index (χ2n) is 12.8. The second kappa shape index (κ2) is 17.3. The highest BCUT2D eigenvalue weighted by atomic mass is 16.6. The number of likely N-dealkylation sites (tertiary alicyclic amines) is 1. The topological polar surface area (TPSA) is 194 Å². The molecule has 4 N–H and O–H groups in total. The molecule has 0 spiro atoms. The minimum Gasteiger partial charge on any atom is -0.493 e. The maximum absolute atomic E-state index is 13.3. The summed E-state index contributed by atoms with van der Waals surface area (Å²) in [6, 6.07) is 10.7. The number of nitrogens with one attached hydrogen (secondary N) is 4. The molecule has 0 radical (unpaired) electrons. The number of anilines is 1. The van der Waals surface area contributed by atoms with Gasteiger partial charge in [-0.25, -0.2) is 4.79 Å². The number of carbonyl (C=O) groups excluding carboxylic acids is 6. The van der Waals surface area contributed by atoms with Crippen LogP contribution in [0.15, 0.2) is 48.7 Å². The molecule has 15 nitrogen and oxygen atoms in total. The van der Waals surface area contributed by atoms with Crippen molar-refractivity contribution >= 4 is 52.1 Å². The number of alkyl carbamates (subject to hydrolysis) is 1. The maximum Gasteiger partial charge on any atom is 0.407 e. The van der Waals surface area contributed by atoms with Gasteiger partial charge in [0, 0.05) is 37.6 Å². The molecule has 1 aliphatic rings. The Balaban J connectivity index is 1.30. The van der Waals surface area contributed by atoms with Crippen LogP contribution in [0.25, 0.3) is 10.9 Å². The number of pyridine rings is 1. The number of methoxy groups -OCH3 is 2. The number of hydrogen-bond donors (Lipinski definition) is 4. The van der Waals surface area contributed by atoms with Crippen molar-refractivity contribution in [3.63, 3.8) is 0 Å². The first-order valence-corrected chi connectivity index (χ1v) is 16.6. The van der Waals surface area contributed by atoms with Crippen LogP contribution in [0.2, 0.25) is 0 Å². The van der Waals surface area contributed by atoms with E-state index in [9.17, 15) is 28.8 Å². The Morgan fingerprint density at radius 3 is 2.43 bits per heavy atom. The molecule has 5 amide bonds. The Morgan fingerprint density at radius 2 is 1.71 bits per heavy atom. The van der Waals surface area contributed by atoms with Crippen LogP contribution in [-0.4, -0.2) is 90.9 Å². The van der Waals surface area contributed by atoms with Gasteiger partial charge in [-0.05, 0) is 69.9 Å². The molecule has 1 atom stereocenters. The third-order valence-electron chi connectivity index (χ3n) is 7.94. The van der Waals surface area contributed by atoms with E-state index in [2.05, 4.69) is 26.3 Å². The molecule has 0 bridgehead atoms. The van der Waals surface area contributed by atoms with Crippen LogP contribution in [-0.2, 0) is 30.5 Å². The zero-order valence-electron chi connectivity index (χ0n) is 29.4. The molecule has 272 valence electrons. The summed E-state index contributed by atoms with van der Waals surface area (Å²) >= 11 is 0. The molecule has 2 heterocycles. The molecule has 1 aromatic heterocycles. The number of carbonyl (C=O) groups is 6. The molecular weight excluding hydrogens is 660 g/mol. The first-order valence-electron chi connectivity index (χ1n) is 16.6. The molecular formula is C36H44N6O9. The summed E-state index contributed by atoms with van der Waals surface area (Å²) < 4.78 is 15.7. The Bertz CT molecular complexity index is 1790. The number of hydrogen-bond acceptors (Lipinski definition) is 10. The van der Waals surface area contributed by atoms with Crippen molar-refractivity contribution in [2.45, 2.75) is 64.6 Å². The predicted molar refractivity (Wildman–Crippen MR) is 187 cm³/mol. The number of para-hydroxylation sites is 1. The zero-order chi connectivity index (χ0) is 37.1. The van der Waals surface area contributed by atoms with Gasteiger partial charge in [0.05, 0.1) is 37.5 Å². The molecule has 0 unspecified atom stereocenters. The van der Waals surface area contributed by atoms with Crippen LogP contribution < -0.4 is 30.7 Å². The molecule has 0 aliphatic carbocycles. The van der Waals surface area contributed by atoms with E-state index in [0.29, 0.717) is 52.9 Å². The van der Waals surface area contributed by atoms with Crippen LogP contribution in [0.4, 0.5) is 10.5 Å². The van der Waals surface area contributed by atoms with Gasteiger partial charge in [-0.15, -0.1) is 0 Å². The summed E-state index contributed by atoms with van der Waals surface area (Å²) in [5.41, 5.74) is 1.07. The van der Waals surface area contributed by atoms with Crippen LogP contribution in [0, 0.1) is 0 Å². The number of aromatic nitrogens is 1. The normalized spacial score (nSPS) is 14.0. The van der Waals surface area contributed by atoms with Gasteiger partial charge < -0.3 is 40.4 Å². The quantitative estimate of drug-likeness (QED) is 0.143. The summed E-state index contributed by atoms with van der Waals surface area (Å²) in [5, 5.41) is 11.1. The van der Waals surface area contributed by atoms with Crippen LogP contribution in [0.1, 0.15) is 62.4 Å². The predicted octanol–water partition coefficient (Wildman–Crippen LogP) is 3.10. The van der Waals surface area contributed by atoms with Crippen molar-refractivity contribution in [1.82, 2.24) is 25.8 Å². The SMILES string of the molecule is COc1ccc(CNC(=O)C(=O)[C@@H]2CCCN2C(=O)CNC(=O)c2ccnc3c(NC(=O)CCCNC(=O)OC(C)(C)C)cccc23)cc1OC. The monoisotopic (exact) mass is 704 g/mol. The van der Waals surface area contributed by atoms with Crippen molar-refractivity contribution in [2.24, 2.45) is 0 Å². The van der Waals surface area contributed by atoms with Gasteiger partial charge in [-0.2, -0.15) is 0 Å². The Kier molecular flexibility index (Phi) is 12.9. The van der Waals surface area contributed by atoms with E-state index < -0.39 is 47.8 Å². The summed E-state index contributed by atoms with van der Waals surface area (Å²) in [5.74, 6) is -1.90. The van der Waals surface area contributed by atoms with Crippen molar-refractivity contribution in [3.05, 3.63) is 59.8 Å². The van der Waals surface area contributed by atoms with Crippen LogP contribution in [0.3, 0.4) is 0 Å². The van der Waals surface area contributed by atoms with Crippen LogP contribution >= 0.6 is 0 Å². The van der Waals surface area contributed by atoms with Crippen molar-refractivity contribution in [3.8, 4) is 11.5 Å². The van der Waals surface area contributed by atoms with Crippen molar-refractivity contribution < 1.29 is 43.0 Å². The Labute approximate surface area is 295 Å². The summed E-state index contributed by atoms with van der Waals surface area (Å²) in [7, 11) is 3.01. The largest absolute Gasteiger partial charge is 0.493 e. The number of benzene rings is 2. The highest BCUT2D eigenvalue weighted by molar-refractivity contribution is 6.38. The Morgan fingerprint density at radius 1 is 0.941 bits per heavy atom. The third-order valence-corrected chi connectivity index (χ3v) is 7.94. The van der Waals surface area contributed by atoms with E-state index in [4.69, 9.17) is 14.2 Å². The lowest BCUT2D eigenvalue weighted by atomic mass is 10.1. The number of ketones is 1.